The minimum Gasteiger partial charge on any atom is -0.450 e. The first kappa shape index (κ1) is 18.5. The number of fused-ring (bicyclic) bond motifs is 4. The van der Waals surface area contributed by atoms with Gasteiger partial charge < -0.3 is 15.0 Å². The van der Waals surface area contributed by atoms with Crippen LogP contribution in [0.25, 0.3) is 0 Å². The number of alkyl carbamates (subject to hydrolysis) is 1. The normalized spacial score (nSPS) is 33.2. The number of rotatable bonds is 4. The first-order valence-corrected chi connectivity index (χ1v) is 11.4. The van der Waals surface area contributed by atoms with Crippen LogP contribution < -0.4 is 5.32 Å². The molecule has 1 N–H and O–H groups in total. The van der Waals surface area contributed by atoms with Gasteiger partial charge >= 0.3 is 6.09 Å². The van der Waals surface area contributed by atoms with Crippen LogP contribution in [0.15, 0.2) is 24.3 Å². The number of nitrogens with zero attached hydrogens (tertiary/aromatic N) is 1. The molecule has 0 aromatic heterocycles. The van der Waals surface area contributed by atoms with E-state index in [4.69, 9.17) is 4.74 Å². The molecule has 0 unspecified atom stereocenters. The van der Waals surface area contributed by atoms with Gasteiger partial charge in [0.25, 0.3) is 0 Å². The van der Waals surface area contributed by atoms with Gasteiger partial charge in [0.15, 0.2) is 0 Å². The average Bonchev–Trinajstić information content (AvgIpc) is 3.39. The fourth-order valence-electron chi connectivity index (χ4n) is 6.91. The molecule has 152 valence electrons. The van der Waals surface area contributed by atoms with Crippen LogP contribution in [0.3, 0.4) is 0 Å². The zero-order chi connectivity index (χ0) is 19.1. The lowest BCUT2D eigenvalue weighted by Gasteiger charge is -2.42. The highest BCUT2D eigenvalue weighted by molar-refractivity contribution is 5.68. The van der Waals surface area contributed by atoms with Gasteiger partial charge in [-0.15, -0.1) is 0 Å². The summed E-state index contributed by atoms with van der Waals surface area (Å²) in [6, 6.07) is 8.85. The maximum Gasteiger partial charge on any atom is 0.407 e. The molecule has 1 aromatic carbocycles. The quantitative estimate of drug-likeness (QED) is 0.824. The highest BCUT2D eigenvalue weighted by atomic mass is 16.5. The Hall–Kier alpha value is -1.55. The summed E-state index contributed by atoms with van der Waals surface area (Å²) in [5.74, 6) is 3.02. The Labute approximate surface area is 169 Å². The summed E-state index contributed by atoms with van der Waals surface area (Å²) < 4.78 is 5.15. The Kier molecular flexibility index (Phi) is 4.86. The van der Waals surface area contributed by atoms with Crippen molar-refractivity contribution >= 4 is 6.09 Å². The van der Waals surface area contributed by atoms with Crippen molar-refractivity contribution in [3.63, 3.8) is 0 Å². The van der Waals surface area contributed by atoms with Gasteiger partial charge in [-0.2, -0.15) is 0 Å². The van der Waals surface area contributed by atoms with E-state index in [-0.39, 0.29) is 17.6 Å². The lowest BCUT2D eigenvalue weighted by molar-refractivity contribution is 0.116. The predicted molar refractivity (Wildman–Crippen MR) is 110 cm³/mol. The molecule has 1 saturated heterocycles. The standard InChI is InChI=1S/C24H34N2O2/c1-2-28-23(27)25-22-15-24(21-6-4-3-5-20(21)22)9-11-26(12-10-24)16-19-14-17-7-8-18(19)13-17/h3-6,17-19,22H,2,7-16H2,1H3,(H,25,27)/t17-,18-,19+,22+/m0/s1. The number of nitrogens with one attached hydrogen (secondary N) is 1. The van der Waals surface area contributed by atoms with Crippen molar-refractivity contribution in [2.75, 3.05) is 26.2 Å². The Morgan fingerprint density at radius 3 is 2.75 bits per heavy atom. The van der Waals surface area contributed by atoms with Crippen LogP contribution in [-0.4, -0.2) is 37.2 Å². The van der Waals surface area contributed by atoms with E-state index < -0.39 is 0 Å². The second-order valence-electron chi connectivity index (χ2n) is 9.72. The number of likely N-dealkylation sites (tertiary alicyclic amines) is 1. The first-order valence-electron chi connectivity index (χ1n) is 11.4. The smallest absolute Gasteiger partial charge is 0.407 e. The molecular weight excluding hydrogens is 348 g/mol. The van der Waals surface area contributed by atoms with Crippen LogP contribution >= 0.6 is 0 Å². The largest absolute Gasteiger partial charge is 0.450 e. The van der Waals surface area contributed by atoms with Crippen LogP contribution in [-0.2, 0) is 10.2 Å². The van der Waals surface area contributed by atoms with Gasteiger partial charge in [-0.1, -0.05) is 30.7 Å². The third kappa shape index (κ3) is 3.24. The van der Waals surface area contributed by atoms with Gasteiger partial charge in [0.05, 0.1) is 12.6 Å². The van der Waals surface area contributed by atoms with Crippen LogP contribution in [0.2, 0.25) is 0 Å². The van der Waals surface area contributed by atoms with Crippen LogP contribution in [0, 0.1) is 17.8 Å². The number of amides is 1. The first-order chi connectivity index (χ1) is 13.7. The molecule has 4 nitrogen and oxygen atoms in total. The van der Waals surface area contributed by atoms with Gasteiger partial charge in [0.2, 0.25) is 0 Å². The zero-order valence-corrected chi connectivity index (χ0v) is 17.2. The van der Waals surface area contributed by atoms with Crippen molar-refractivity contribution in [1.29, 1.82) is 0 Å². The second kappa shape index (κ2) is 7.37. The van der Waals surface area contributed by atoms with Crippen LogP contribution in [0.1, 0.15) is 69.0 Å². The third-order valence-corrected chi connectivity index (χ3v) is 8.26. The van der Waals surface area contributed by atoms with Crippen LogP contribution in [0.5, 0.6) is 0 Å². The third-order valence-electron chi connectivity index (χ3n) is 8.26. The van der Waals surface area contributed by atoms with Gasteiger partial charge in [0.1, 0.15) is 0 Å². The van der Waals surface area contributed by atoms with Crippen molar-refractivity contribution in [3.8, 4) is 0 Å². The number of carbonyl (C=O) groups is 1. The zero-order valence-electron chi connectivity index (χ0n) is 17.2. The minimum atomic E-state index is -0.284. The molecule has 0 radical (unpaired) electrons. The van der Waals surface area contributed by atoms with Gasteiger partial charge in [-0.3, -0.25) is 0 Å². The number of hydrogen-bond donors (Lipinski definition) is 1. The Morgan fingerprint density at radius 1 is 1.21 bits per heavy atom. The summed E-state index contributed by atoms with van der Waals surface area (Å²) in [7, 11) is 0. The van der Waals surface area contributed by atoms with E-state index in [2.05, 4.69) is 34.5 Å². The molecule has 1 heterocycles. The highest BCUT2D eigenvalue weighted by Crippen LogP contribution is 2.52. The maximum atomic E-state index is 12.0. The van der Waals surface area contributed by atoms with E-state index in [1.165, 1.54) is 69.3 Å². The molecule has 2 saturated carbocycles. The maximum absolute atomic E-state index is 12.0. The van der Waals surface area contributed by atoms with E-state index in [1.807, 2.05) is 6.92 Å². The summed E-state index contributed by atoms with van der Waals surface area (Å²) in [5, 5.41) is 3.12. The van der Waals surface area contributed by atoms with E-state index in [1.54, 1.807) is 0 Å². The summed E-state index contributed by atoms with van der Waals surface area (Å²) in [6.45, 7) is 6.00. The average molecular weight is 383 g/mol. The summed E-state index contributed by atoms with van der Waals surface area (Å²) in [5.41, 5.74) is 3.00. The number of carbonyl (C=O) groups excluding carboxylic acids is 1. The molecule has 28 heavy (non-hydrogen) atoms. The van der Waals surface area contributed by atoms with Gasteiger partial charge in [0, 0.05) is 12.0 Å². The number of hydrogen-bond acceptors (Lipinski definition) is 3. The lowest BCUT2D eigenvalue weighted by Crippen LogP contribution is -2.44. The number of ether oxygens (including phenoxy) is 1. The molecule has 4 heteroatoms. The summed E-state index contributed by atoms with van der Waals surface area (Å²) in [6.07, 6.45) is 9.15. The highest BCUT2D eigenvalue weighted by Gasteiger charge is 2.47. The van der Waals surface area contributed by atoms with Crippen molar-refractivity contribution in [3.05, 3.63) is 35.4 Å². The van der Waals surface area contributed by atoms with Gasteiger partial charge in [-0.05, 0) is 87.4 Å². The van der Waals surface area contributed by atoms with Crippen molar-refractivity contribution in [2.24, 2.45) is 17.8 Å². The topological polar surface area (TPSA) is 41.6 Å². The Bertz CT molecular complexity index is 725. The molecule has 4 atom stereocenters. The molecule has 3 aliphatic carbocycles. The lowest BCUT2D eigenvalue weighted by atomic mass is 9.73. The monoisotopic (exact) mass is 382 g/mol. The molecule has 5 rings (SSSR count). The summed E-state index contributed by atoms with van der Waals surface area (Å²) in [4.78, 5) is 14.8. The molecule has 2 bridgehead atoms. The van der Waals surface area contributed by atoms with E-state index in [0.29, 0.717) is 6.61 Å². The second-order valence-corrected chi connectivity index (χ2v) is 9.72. The molecule has 4 aliphatic rings. The van der Waals surface area contributed by atoms with Crippen LogP contribution in [0.4, 0.5) is 4.79 Å². The van der Waals surface area contributed by atoms with E-state index in [0.717, 1.165) is 24.2 Å². The van der Waals surface area contributed by atoms with Crippen molar-refractivity contribution < 1.29 is 9.53 Å². The SMILES string of the molecule is CCOC(=O)N[C@@H]1CC2(CCN(C[C@H]3C[C@H]4CC[C@H]3C4)CC2)c2ccccc21. The minimum absolute atomic E-state index is 0.0902. The molecule has 1 aromatic rings. The molecule has 1 amide bonds. The molecular formula is C24H34N2O2. The van der Waals surface area contributed by atoms with E-state index in [9.17, 15) is 4.79 Å². The fourth-order valence-corrected chi connectivity index (χ4v) is 6.91. The number of benzene rings is 1. The Morgan fingerprint density at radius 2 is 2.04 bits per heavy atom. The molecule has 3 fully saturated rings. The molecule has 1 aliphatic heterocycles. The van der Waals surface area contributed by atoms with Crippen molar-refractivity contribution in [2.45, 2.75) is 63.3 Å². The predicted octanol–water partition coefficient (Wildman–Crippen LogP) is 4.65. The fraction of sp³-hybridized carbons (Fsp3) is 0.708. The number of piperidine rings is 1. The van der Waals surface area contributed by atoms with Crippen molar-refractivity contribution in [1.82, 2.24) is 10.2 Å². The Balaban J connectivity index is 1.25. The molecule has 1 spiro atoms. The van der Waals surface area contributed by atoms with Gasteiger partial charge in [-0.25, -0.2) is 4.79 Å². The van der Waals surface area contributed by atoms with E-state index >= 15 is 0 Å². The summed E-state index contributed by atoms with van der Waals surface area (Å²) >= 11 is 0.